The molecule has 3 heterocycles. The number of nitrogens with one attached hydrogen (secondary N) is 2. The van der Waals surface area contributed by atoms with Crippen molar-refractivity contribution in [2.45, 2.75) is 12.5 Å². The molecule has 0 radical (unpaired) electrons. The number of hydrogen-bond acceptors (Lipinski definition) is 4. The molecule has 1 aromatic heterocycles. The molecule has 0 spiro atoms. The first-order valence-corrected chi connectivity index (χ1v) is 5.57. The van der Waals surface area contributed by atoms with Gasteiger partial charge < -0.3 is 15.5 Å². The first-order chi connectivity index (χ1) is 7.84. The molecule has 1 aromatic rings. The van der Waals surface area contributed by atoms with Crippen LogP contribution in [0.4, 0.5) is 11.5 Å². The van der Waals surface area contributed by atoms with Crippen molar-refractivity contribution < 1.29 is 4.79 Å². The van der Waals surface area contributed by atoms with Gasteiger partial charge in [0.2, 0.25) is 5.91 Å². The third-order valence-corrected chi connectivity index (χ3v) is 3.10. The molecule has 84 valence electrons. The second kappa shape index (κ2) is 3.75. The smallest absolute Gasteiger partial charge is 0.226 e. The summed E-state index contributed by atoms with van der Waals surface area (Å²) in [7, 11) is 0. The summed E-state index contributed by atoms with van der Waals surface area (Å²) in [5.74, 6) is 0.977. The van der Waals surface area contributed by atoms with E-state index in [4.69, 9.17) is 0 Å². The van der Waals surface area contributed by atoms with E-state index in [1.807, 2.05) is 12.1 Å². The van der Waals surface area contributed by atoms with Gasteiger partial charge in [-0.3, -0.25) is 4.79 Å². The van der Waals surface area contributed by atoms with Crippen LogP contribution in [0, 0.1) is 0 Å². The van der Waals surface area contributed by atoms with Gasteiger partial charge >= 0.3 is 0 Å². The number of carbonyl (C=O) groups excluding carboxylic acids is 1. The van der Waals surface area contributed by atoms with Crippen LogP contribution < -0.4 is 15.5 Å². The number of amides is 1. The van der Waals surface area contributed by atoms with E-state index in [2.05, 4.69) is 20.5 Å². The van der Waals surface area contributed by atoms with E-state index in [1.165, 1.54) is 0 Å². The molecule has 1 fully saturated rings. The Balaban J connectivity index is 2.04. The van der Waals surface area contributed by atoms with Crippen molar-refractivity contribution in [1.82, 2.24) is 10.3 Å². The van der Waals surface area contributed by atoms with E-state index in [9.17, 15) is 4.79 Å². The Kier molecular flexibility index (Phi) is 2.25. The van der Waals surface area contributed by atoms with Crippen LogP contribution in [0.1, 0.15) is 6.42 Å². The summed E-state index contributed by atoms with van der Waals surface area (Å²) in [4.78, 5) is 18.3. The van der Waals surface area contributed by atoms with Crippen LogP contribution in [-0.4, -0.2) is 36.6 Å². The van der Waals surface area contributed by atoms with Crippen molar-refractivity contribution in [2.75, 3.05) is 29.9 Å². The largest absolute Gasteiger partial charge is 0.349 e. The maximum atomic E-state index is 11.7. The minimum atomic E-state index is 0.0745. The van der Waals surface area contributed by atoms with Gasteiger partial charge in [0.05, 0.1) is 11.7 Å². The van der Waals surface area contributed by atoms with Crippen LogP contribution in [-0.2, 0) is 4.79 Å². The van der Waals surface area contributed by atoms with Gasteiger partial charge in [-0.15, -0.1) is 0 Å². The van der Waals surface area contributed by atoms with Crippen LogP contribution >= 0.6 is 0 Å². The number of nitrogens with zero attached hydrogens (tertiary/aromatic N) is 2. The van der Waals surface area contributed by atoms with Crippen molar-refractivity contribution in [3.8, 4) is 0 Å². The fourth-order valence-corrected chi connectivity index (χ4v) is 2.36. The third-order valence-electron chi connectivity index (χ3n) is 3.10. The number of carbonyl (C=O) groups is 1. The van der Waals surface area contributed by atoms with E-state index in [-0.39, 0.29) is 11.9 Å². The zero-order chi connectivity index (χ0) is 11.0. The van der Waals surface area contributed by atoms with Crippen molar-refractivity contribution in [2.24, 2.45) is 0 Å². The molecule has 0 saturated carbocycles. The minimum absolute atomic E-state index is 0.0745. The van der Waals surface area contributed by atoms with Gasteiger partial charge in [-0.1, -0.05) is 0 Å². The van der Waals surface area contributed by atoms with Crippen LogP contribution in [0.15, 0.2) is 18.3 Å². The van der Waals surface area contributed by atoms with Gasteiger partial charge in [0.15, 0.2) is 5.82 Å². The molecule has 1 amide bonds. The van der Waals surface area contributed by atoms with Crippen molar-refractivity contribution in [3.63, 3.8) is 0 Å². The van der Waals surface area contributed by atoms with E-state index >= 15 is 0 Å². The van der Waals surface area contributed by atoms with Gasteiger partial charge in [-0.2, -0.15) is 0 Å². The minimum Gasteiger partial charge on any atom is -0.349 e. The molecule has 0 bridgehead atoms. The Labute approximate surface area is 93.9 Å². The standard InChI is InChI=1S/C11H14N4O/c16-10-6-8-7-12-4-5-15(8)11-9(14-10)2-1-3-13-11/h1-3,8,12H,4-7H2,(H,14,16). The van der Waals surface area contributed by atoms with E-state index in [1.54, 1.807) is 6.20 Å². The molecule has 1 unspecified atom stereocenters. The average molecular weight is 218 g/mol. The van der Waals surface area contributed by atoms with Crippen LogP contribution in [0.2, 0.25) is 0 Å². The number of rotatable bonds is 0. The predicted octanol–water partition coefficient (Wildman–Crippen LogP) is 0.202. The number of piperazine rings is 1. The van der Waals surface area contributed by atoms with E-state index in [0.29, 0.717) is 6.42 Å². The Morgan fingerprint density at radius 1 is 1.50 bits per heavy atom. The fourth-order valence-electron chi connectivity index (χ4n) is 2.36. The highest BCUT2D eigenvalue weighted by Gasteiger charge is 2.30. The first-order valence-electron chi connectivity index (χ1n) is 5.57. The molecule has 1 atom stereocenters. The summed E-state index contributed by atoms with van der Waals surface area (Å²) >= 11 is 0. The SMILES string of the molecule is O=C1CC2CNCCN2c2ncccc2N1. The zero-order valence-corrected chi connectivity index (χ0v) is 8.94. The Morgan fingerprint density at radius 3 is 3.38 bits per heavy atom. The summed E-state index contributed by atoms with van der Waals surface area (Å²) in [6.07, 6.45) is 2.30. The molecule has 1 saturated heterocycles. The molecule has 2 aliphatic rings. The Hall–Kier alpha value is -1.62. The lowest BCUT2D eigenvalue weighted by molar-refractivity contribution is -0.116. The summed E-state index contributed by atoms with van der Waals surface area (Å²) in [5.41, 5.74) is 0.830. The molecule has 3 rings (SSSR count). The van der Waals surface area contributed by atoms with E-state index in [0.717, 1.165) is 31.1 Å². The number of anilines is 2. The molecule has 2 aliphatic heterocycles. The maximum Gasteiger partial charge on any atom is 0.226 e. The Bertz CT molecular complexity index is 420. The predicted molar refractivity (Wildman–Crippen MR) is 61.5 cm³/mol. The lowest BCUT2D eigenvalue weighted by atomic mass is 10.1. The van der Waals surface area contributed by atoms with Crippen molar-refractivity contribution >= 4 is 17.4 Å². The highest BCUT2D eigenvalue weighted by molar-refractivity contribution is 5.95. The molecule has 16 heavy (non-hydrogen) atoms. The molecule has 0 aliphatic carbocycles. The number of fused-ring (bicyclic) bond motifs is 3. The molecule has 2 N–H and O–H groups in total. The van der Waals surface area contributed by atoms with Gasteiger partial charge in [-0.25, -0.2) is 4.98 Å². The normalized spacial score (nSPS) is 24.1. The monoisotopic (exact) mass is 218 g/mol. The number of aromatic nitrogens is 1. The lowest BCUT2D eigenvalue weighted by Gasteiger charge is -2.35. The second-order valence-electron chi connectivity index (χ2n) is 4.18. The summed E-state index contributed by atoms with van der Waals surface area (Å²) in [6, 6.07) is 3.98. The number of hydrogen-bond donors (Lipinski definition) is 2. The van der Waals surface area contributed by atoms with Crippen LogP contribution in [0.25, 0.3) is 0 Å². The maximum absolute atomic E-state index is 11.7. The second-order valence-corrected chi connectivity index (χ2v) is 4.18. The average Bonchev–Trinajstić information content (AvgIpc) is 2.44. The fraction of sp³-hybridized carbons (Fsp3) is 0.455. The summed E-state index contributed by atoms with van der Waals surface area (Å²) < 4.78 is 0. The quantitative estimate of drug-likeness (QED) is 0.653. The highest BCUT2D eigenvalue weighted by Crippen LogP contribution is 2.29. The van der Waals surface area contributed by atoms with Gasteiger partial charge in [0.1, 0.15) is 0 Å². The van der Waals surface area contributed by atoms with Crippen LogP contribution in [0.5, 0.6) is 0 Å². The van der Waals surface area contributed by atoms with Crippen LogP contribution in [0.3, 0.4) is 0 Å². The molecular formula is C11H14N4O. The van der Waals surface area contributed by atoms with Crippen molar-refractivity contribution in [1.29, 1.82) is 0 Å². The van der Waals surface area contributed by atoms with Gasteiger partial charge in [0, 0.05) is 32.3 Å². The molecule has 5 nitrogen and oxygen atoms in total. The number of pyridine rings is 1. The first kappa shape index (κ1) is 9.59. The summed E-state index contributed by atoms with van der Waals surface area (Å²) in [6.45, 7) is 2.70. The molecular weight excluding hydrogens is 204 g/mol. The molecule has 0 aromatic carbocycles. The summed E-state index contributed by atoms with van der Waals surface area (Å²) in [5, 5.41) is 6.22. The van der Waals surface area contributed by atoms with Crippen molar-refractivity contribution in [3.05, 3.63) is 18.3 Å². The van der Waals surface area contributed by atoms with Gasteiger partial charge in [-0.05, 0) is 12.1 Å². The zero-order valence-electron chi connectivity index (χ0n) is 8.94. The lowest BCUT2D eigenvalue weighted by Crippen LogP contribution is -2.51. The third kappa shape index (κ3) is 1.53. The van der Waals surface area contributed by atoms with E-state index < -0.39 is 0 Å². The Morgan fingerprint density at radius 2 is 2.44 bits per heavy atom. The topological polar surface area (TPSA) is 57.3 Å². The highest BCUT2D eigenvalue weighted by atomic mass is 16.1. The molecule has 5 heteroatoms. The van der Waals surface area contributed by atoms with Gasteiger partial charge in [0.25, 0.3) is 0 Å².